The van der Waals surface area contributed by atoms with Gasteiger partial charge in [-0.05, 0) is 36.4 Å². The molecule has 1 N–H and O–H groups in total. The van der Waals surface area contributed by atoms with Crippen molar-refractivity contribution >= 4 is 23.3 Å². The van der Waals surface area contributed by atoms with Gasteiger partial charge < -0.3 is 29.5 Å². The average molecular weight is 440 g/mol. The highest BCUT2D eigenvalue weighted by Crippen LogP contribution is 2.35. The lowest BCUT2D eigenvalue weighted by Crippen LogP contribution is -2.53. The maximum absolute atomic E-state index is 13.1. The van der Waals surface area contributed by atoms with E-state index in [0.717, 1.165) is 11.4 Å². The van der Waals surface area contributed by atoms with E-state index < -0.39 is 0 Å². The molecule has 0 saturated carbocycles. The number of anilines is 2. The predicted molar refractivity (Wildman–Crippen MR) is 117 cm³/mol. The van der Waals surface area contributed by atoms with Crippen molar-refractivity contribution in [1.29, 1.82) is 0 Å². The highest BCUT2D eigenvalue weighted by atomic mass is 19.1. The van der Waals surface area contributed by atoms with Crippen LogP contribution in [-0.4, -0.2) is 68.8 Å². The summed E-state index contributed by atoms with van der Waals surface area (Å²) in [6.45, 7) is 3.89. The molecule has 3 heterocycles. The minimum Gasteiger partial charge on any atom is -0.486 e. The van der Waals surface area contributed by atoms with E-state index in [2.05, 4.69) is 10.2 Å². The lowest BCUT2D eigenvalue weighted by atomic mass is 10.2. The van der Waals surface area contributed by atoms with Crippen LogP contribution in [0.3, 0.4) is 0 Å². The predicted octanol–water partition coefficient (Wildman–Crippen LogP) is 2.23. The molecule has 0 aliphatic carbocycles. The van der Waals surface area contributed by atoms with E-state index in [0.29, 0.717) is 57.4 Å². The number of carbonyl (C=O) groups is 2. The van der Waals surface area contributed by atoms with Gasteiger partial charge in [-0.2, -0.15) is 0 Å². The topological polar surface area (TPSA) is 74.3 Å². The van der Waals surface area contributed by atoms with Crippen LogP contribution in [0.25, 0.3) is 0 Å². The van der Waals surface area contributed by atoms with Gasteiger partial charge in [-0.15, -0.1) is 0 Å². The SMILES string of the molecule is O=C(NC1CC(=O)N(c2ccc3c(c2)OCCO3)C1)N1CCN(c2ccc(F)cc2)CC1. The van der Waals surface area contributed by atoms with Crippen LogP contribution < -0.4 is 24.6 Å². The molecular formula is C23H25FN4O4. The second-order valence-corrected chi connectivity index (χ2v) is 8.13. The molecule has 2 aromatic carbocycles. The third kappa shape index (κ3) is 4.15. The van der Waals surface area contributed by atoms with E-state index in [4.69, 9.17) is 9.47 Å². The Labute approximate surface area is 185 Å². The minimum absolute atomic E-state index is 0.0342. The van der Waals surface area contributed by atoms with Crippen molar-refractivity contribution in [1.82, 2.24) is 10.2 Å². The second-order valence-electron chi connectivity index (χ2n) is 8.13. The van der Waals surface area contributed by atoms with Crippen molar-refractivity contribution in [2.24, 2.45) is 0 Å². The van der Waals surface area contributed by atoms with Crippen molar-refractivity contribution in [3.8, 4) is 11.5 Å². The fraction of sp³-hybridized carbons (Fsp3) is 0.391. The van der Waals surface area contributed by atoms with Gasteiger partial charge in [0, 0.05) is 56.6 Å². The first kappa shape index (κ1) is 20.4. The molecule has 2 aromatic rings. The molecule has 3 aliphatic rings. The molecule has 1 unspecified atom stereocenters. The first-order valence-corrected chi connectivity index (χ1v) is 10.8. The quantitative estimate of drug-likeness (QED) is 0.793. The van der Waals surface area contributed by atoms with Gasteiger partial charge in [-0.25, -0.2) is 9.18 Å². The van der Waals surface area contributed by atoms with Crippen molar-refractivity contribution in [3.05, 3.63) is 48.3 Å². The zero-order chi connectivity index (χ0) is 22.1. The lowest BCUT2D eigenvalue weighted by molar-refractivity contribution is -0.117. The number of nitrogens with zero attached hydrogens (tertiary/aromatic N) is 3. The van der Waals surface area contributed by atoms with E-state index in [-0.39, 0.29) is 30.2 Å². The summed E-state index contributed by atoms with van der Waals surface area (Å²) in [5.41, 5.74) is 1.69. The molecule has 8 nitrogen and oxygen atoms in total. The third-order valence-corrected chi connectivity index (χ3v) is 6.05. The van der Waals surface area contributed by atoms with Crippen LogP contribution in [0.15, 0.2) is 42.5 Å². The molecule has 0 aromatic heterocycles. The molecule has 3 aliphatic heterocycles. The maximum atomic E-state index is 13.1. The first-order chi connectivity index (χ1) is 15.6. The normalized spacial score (nSPS) is 20.5. The summed E-state index contributed by atoms with van der Waals surface area (Å²) < 4.78 is 24.3. The number of amides is 3. The Bertz CT molecular complexity index is 1010. The molecule has 9 heteroatoms. The zero-order valence-corrected chi connectivity index (χ0v) is 17.6. The number of hydrogen-bond donors (Lipinski definition) is 1. The van der Waals surface area contributed by atoms with Crippen molar-refractivity contribution in [3.63, 3.8) is 0 Å². The third-order valence-electron chi connectivity index (χ3n) is 6.05. The fourth-order valence-electron chi connectivity index (χ4n) is 4.34. The Balaban J connectivity index is 1.15. The van der Waals surface area contributed by atoms with Gasteiger partial charge in [0.05, 0.1) is 6.04 Å². The second kappa shape index (κ2) is 8.57. The molecule has 0 bridgehead atoms. The number of rotatable bonds is 3. The minimum atomic E-state index is -0.261. The van der Waals surface area contributed by atoms with Crippen LogP contribution in [-0.2, 0) is 4.79 Å². The molecular weight excluding hydrogens is 415 g/mol. The number of nitrogens with one attached hydrogen (secondary N) is 1. The number of hydrogen-bond acceptors (Lipinski definition) is 5. The van der Waals surface area contributed by atoms with E-state index in [1.165, 1.54) is 12.1 Å². The summed E-state index contributed by atoms with van der Waals surface area (Å²) in [4.78, 5) is 30.9. The molecule has 2 saturated heterocycles. The summed E-state index contributed by atoms with van der Waals surface area (Å²) in [5.74, 6) is 1.01. The molecule has 5 rings (SSSR count). The zero-order valence-electron chi connectivity index (χ0n) is 17.6. The van der Waals surface area contributed by atoms with Gasteiger partial charge in [0.15, 0.2) is 11.5 Å². The van der Waals surface area contributed by atoms with E-state index >= 15 is 0 Å². The van der Waals surface area contributed by atoms with Crippen molar-refractivity contribution < 1.29 is 23.5 Å². The monoisotopic (exact) mass is 440 g/mol. The molecule has 2 fully saturated rings. The van der Waals surface area contributed by atoms with Crippen molar-refractivity contribution in [2.75, 3.05) is 55.7 Å². The standard InChI is InChI=1S/C23H25FN4O4/c24-16-1-3-18(4-2-16)26-7-9-27(10-8-26)23(30)25-17-13-22(29)28(15-17)19-5-6-20-21(14-19)32-12-11-31-20/h1-6,14,17H,7-13,15H2,(H,25,30). The van der Waals surface area contributed by atoms with Crippen LogP contribution in [0.2, 0.25) is 0 Å². The Morgan fingerprint density at radius 1 is 0.938 bits per heavy atom. The molecule has 168 valence electrons. The number of fused-ring (bicyclic) bond motifs is 1. The Hall–Kier alpha value is -3.49. The van der Waals surface area contributed by atoms with Crippen LogP contribution in [0.5, 0.6) is 11.5 Å². The smallest absolute Gasteiger partial charge is 0.317 e. The molecule has 3 amide bonds. The number of urea groups is 1. The van der Waals surface area contributed by atoms with Crippen LogP contribution in [0, 0.1) is 5.82 Å². The van der Waals surface area contributed by atoms with E-state index in [1.807, 2.05) is 18.2 Å². The first-order valence-electron chi connectivity index (χ1n) is 10.8. The van der Waals surface area contributed by atoms with E-state index in [9.17, 15) is 14.0 Å². The number of halogens is 1. The number of benzene rings is 2. The maximum Gasteiger partial charge on any atom is 0.317 e. The summed E-state index contributed by atoms with van der Waals surface area (Å²) in [7, 11) is 0. The number of carbonyl (C=O) groups excluding carboxylic acids is 2. The summed E-state index contributed by atoms with van der Waals surface area (Å²) in [6.07, 6.45) is 0.260. The summed E-state index contributed by atoms with van der Waals surface area (Å²) in [6, 6.07) is 11.4. The van der Waals surface area contributed by atoms with Crippen LogP contribution >= 0.6 is 0 Å². The average Bonchev–Trinajstić information content (AvgIpc) is 3.19. The van der Waals surface area contributed by atoms with Gasteiger partial charge in [0.25, 0.3) is 0 Å². The number of ether oxygens (including phenoxy) is 2. The largest absolute Gasteiger partial charge is 0.486 e. The Morgan fingerprint density at radius 3 is 2.38 bits per heavy atom. The van der Waals surface area contributed by atoms with Crippen molar-refractivity contribution in [2.45, 2.75) is 12.5 Å². The lowest BCUT2D eigenvalue weighted by Gasteiger charge is -2.36. The Morgan fingerprint density at radius 2 is 1.62 bits per heavy atom. The number of piperazine rings is 1. The van der Waals surface area contributed by atoms with Gasteiger partial charge in [-0.1, -0.05) is 0 Å². The highest BCUT2D eigenvalue weighted by molar-refractivity contribution is 5.97. The molecule has 0 radical (unpaired) electrons. The Kier molecular flexibility index (Phi) is 5.46. The fourth-order valence-corrected chi connectivity index (χ4v) is 4.34. The van der Waals surface area contributed by atoms with Gasteiger partial charge in [0.2, 0.25) is 5.91 Å². The van der Waals surface area contributed by atoms with Crippen LogP contribution in [0.4, 0.5) is 20.6 Å². The molecule has 0 spiro atoms. The van der Waals surface area contributed by atoms with Gasteiger partial charge in [0.1, 0.15) is 19.0 Å². The molecule has 32 heavy (non-hydrogen) atoms. The summed E-state index contributed by atoms with van der Waals surface area (Å²) in [5, 5.41) is 3.00. The van der Waals surface area contributed by atoms with Crippen LogP contribution in [0.1, 0.15) is 6.42 Å². The molecule has 1 atom stereocenters. The van der Waals surface area contributed by atoms with Gasteiger partial charge >= 0.3 is 6.03 Å². The van der Waals surface area contributed by atoms with Gasteiger partial charge in [-0.3, -0.25) is 4.79 Å². The highest BCUT2D eigenvalue weighted by Gasteiger charge is 2.33. The summed E-state index contributed by atoms with van der Waals surface area (Å²) >= 11 is 0. The van der Waals surface area contributed by atoms with E-state index in [1.54, 1.807) is 21.9 Å².